The normalized spacial score (nSPS) is 10.2. The van der Waals surface area contributed by atoms with E-state index >= 15 is 0 Å². The van der Waals surface area contributed by atoms with E-state index in [0.717, 1.165) is 5.69 Å². The minimum atomic E-state index is -0.418. The number of benzene rings is 2. The lowest BCUT2D eigenvalue weighted by Gasteiger charge is -2.11. The fraction of sp³-hybridized carbons (Fsp3) is 0.150. The van der Waals surface area contributed by atoms with Crippen molar-refractivity contribution in [3.8, 4) is 11.5 Å². The van der Waals surface area contributed by atoms with Gasteiger partial charge in [0.15, 0.2) is 23.1 Å². The minimum Gasteiger partial charge on any atom is -0.493 e. The summed E-state index contributed by atoms with van der Waals surface area (Å²) < 4.78 is 24.1. The molecule has 0 atom stereocenters. The summed E-state index contributed by atoms with van der Waals surface area (Å²) in [5, 5.41) is 13.7. The van der Waals surface area contributed by atoms with Gasteiger partial charge in [0.25, 0.3) is 0 Å². The van der Waals surface area contributed by atoms with Crippen molar-refractivity contribution in [3.05, 3.63) is 66.0 Å². The summed E-state index contributed by atoms with van der Waals surface area (Å²) in [7, 11) is 3.12. The maximum absolute atomic E-state index is 13.6. The third-order valence-corrected chi connectivity index (χ3v) is 3.90. The van der Waals surface area contributed by atoms with Gasteiger partial charge in [0.1, 0.15) is 5.82 Å². The number of carbonyl (C=O) groups excluding carboxylic acids is 1. The van der Waals surface area contributed by atoms with Crippen molar-refractivity contribution in [2.45, 2.75) is 6.42 Å². The number of methoxy groups -OCH3 is 2. The zero-order valence-corrected chi connectivity index (χ0v) is 15.4. The topological polar surface area (TPSA) is 85.4 Å². The molecule has 1 amide bonds. The summed E-state index contributed by atoms with van der Waals surface area (Å²) in [6.45, 7) is 0. The molecule has 1 aromatic heterocycles. The second-order valence-corrected chi connectivity index (χ2v) is 5.81. The van der Waals surface area contributed by atoms with E-state index in [4.69, 9.17) is 9.47 Å². The van der Waals surface area contributed by atoms with Gasteiger partial charge in [-0.2, -0.15) is 0 Å². The average molecular weight is 382 g/mol. The van der Waals surface area contributed by atoms with E-state index in [-0.39, 0.29) is 18.1 Å². The van der Waals surface area contributed by atoms with Crippen molar-refractivity contribution in [2.75, 3.05) is 24.9 Å². The van der Waals surface area contributed by atoms with Crippen LogP contribution >= 0.6 is 0 Å². The molecular formula is C20H19FN4O3. The average Bonchev–Trinajstić information content (AvgIpc) is 2.71. The van der Waals surface area contributed by atoms with Crippen molar-refractivity contribution in [1.29, 1.82) is 0 Å². The first-order valence-corrected chi connectivity index (χ1v) is 8.45. The summed E-state index contributed by atoms with van der Waals surface area (Å²) >= 11 is 0. The molecule has 0 bridgehead atoms. The Labute approximate surface area is 161 Å². The summed E-state index contributed by atoms with van der Waals surface area (Å²) in [6.07, 6.45) is -0.0833. The minimum absolute atomic E-state index is 0.0833. The predicted molar refractivity (Wildman–Crippen MR) is 104 cm³/mol. The molecule has 2 N–H and O–H groups in total. The number of hydrogen-bond acceptors (Lipinski definition) is 6. The highest BCUT2D eigenvalue weighted by Gasteiger charge is 2.09. The van der Waals surface area contributed by atoms with Crippen LogP contribution in [0.5, 0.6) is 11.5 Å². The fourth-order valence-corrected chi connectivity index (χ4v) is 2.53. The molecule has 8 heteroatoms. The van der Waals surface area contributed by atoms with Gasteiger partial charge in [-0.25, -0.2) is 4.39 Å². The van der Waals surface area contributed by atoms with Crippen LogP contribution in [0.3, 0.4) is 0 Å². The zero-order valence-electron chi connectivity index (χ0n) is 15.4. The first-order valence-electron chi connectivity index (χ1n) is 8.45. The van der Waals surface area contributed by atoms with E-state index in [1.54, 1.807) is 56.7 Å². The molecule has 3 rings (SSSR count). The number of rotatable bonds is 7. The van der Waals surface area contributed by atoms with Gasteiger partial charge in [-0.3, -0.25) is 4.79 Å². The highest BCUT2D eigenvalue weighted by Crippen LogP contribution is 2.30. The lowest BCUT2D eigenvalue weighted by atomic mass is 10.1. The second kappa shape index (κ2) is 8.81. The molecular weight excluding hydrogens is 363 g/mol. The van der Waals surface area contributed by atoms with Gasteiger partial charge in [0.05, 0.1) is 20.6 Å². The van der Waals surface area contributed by atoms with Crippen LogP contribution < -0.4 is 20.1 Å². The summed E-state index contributed by atoms with van der Waals surface area (Å²) in [4.78, 5) is 12.1. The molecule has 0 aliphatic rings. The number of halogens is 1. The van der Waals surface area contributed by atoms with Crippen LogP contribution in [0.25, 0.3) is 0 Å². The van der Waals surface area contributed by atoms with Crippen LogP contribution in [0.2, 0.25) is 0 Å². The molecule has 3 aromatic rings. The Bertz CT molecular complexity index is 964. The van der Waals surface area contributed by atoms with E-state index in [0.29, 0.717) is 22.9 Å². The standard InChI is InChI=1S/C20H19FN4O3/c1-27-16-8-7-14(12-17(16)28-2)22-18-9-10-19(25-24-18)23-20(26)11-13-5-3-4-6-15(13)21/h3-10,12H,11H2,1-2H3,(H,22,24)(H,23,25,26). The van der Waals surface area contributed by atoms with E-state index in [9.17, 15) is 9.18 Å². The second-order valence-electron chi connectivity index (χ2n) is 5.81. The van der Waals surface area contributed by atoms with Crippen molar-refractivity contribution >= 4 is 23.2 Å². The van der Waals surface area contributed by atoms with Crippen LogP contribution in [0.15, 0.2) is 54.6 Å². The monoisotopic (exact) mass is 382 g/mol. The Morgan fingerprint density at radius 1 is 0.964 bits per heavy atom. The maximum atomic E-state index is 13.6. The van der Waals surface area contributed by atoms with Gasteiger partial charge in [-0.15, -0.1) is 10.2 Å². The van der Waals surface area contributed by atoms with Crippen molar-refractivity contribution in [2.24, 2.45) is 0 Å². The number of hydrogen-bond donors (Lipinski definition) is 2. The Hall–Kier alpha value is -3.68. The number of nitrogens with one attached hydrogen (secondary N) is 2. The SMILES string of the molecule is COc1ccc(Nc2ccc(NC(=O)Cc3ccccc3F)nn2)cc1OC. The van der Waals surface area contributed by atoms with Gasteiger partial charge in [0, 0.05) is 11.8 Å². The molecule has 0 fully saturated rings. The van der Waals surface area contributed by atoms with Crippen molar-refractivity contribution in [3.63, 3.8) is 0 Å². The molecule has 0 spiro atoms. The lowest BCUT2D eigenvalue weighted by molar-refractivity contribution is -0.115. The van der Waals surface area contributed by atoms with Crippen molar-refractivity contribution < 1.29 is 18.7 Å². The summed E-state index contributed by atoms with van der Waals surface area (Å²) in [5.41, 5.74) is 1.06. The van der Waals surface area contributed by atoms with Gasteiger partial charge < -0.3 is 20.1 Å². The number of anilines is 3. The largest absolute Gasteiger partial charge is 0.493 e. The molecule has 1 heterocycles. The van der Waals surface area contributed by atoms with Crippen LogP contribution in [-0.4, -0.2) is 30.3 Å². The van der Waals surface area contributed by atoms with E-state index in [2.05, 4.69) is 20.8 Å². The quantitative estimate of drug-likeness (QED) is 0.650. The third-order valence-electron chi connectivity index (χ3n) is 3.90. The number of ether oxygens (including phenoxy) is 2. The lowest BCUT2D eigenvalue weighted by Crippen LogP contribution is -2.16. The molecule has 28 heavy (non-hydrogen) atoms. The highest BCUT2D eigenvalue weighted by molar-refractivity contribution is 5.91. The first kappa shape index (κ1) is 19.1. The molecule has 0 aliphatic heterocycles. The fourth-order valence-electron chi connectivity index (χ4n) is 2.53. The molecule has 7 nitrogen and oxygen atoms in total. The molecule has 144 valence electrons. The van der Waals surface area contributed by atoms with Crippen LogP contribution in [0, 0.1) is 5.82 Å². The molecule has 0 unspecified atom stereocenters. The maximum Gasteiger partial charge on any atom is 0.230 e. The van der Waals surface area contributed by atoms with Crippen LogP contribution in [-0.2, 0) is 11.2 Å². The van der Waals surface area contributed by atoms with Crippen LogP contribution in [0.1, 0.15) is 5.56 Å². The smallest absolute Gasteiger partial charge is 0.230 e. The predicted octanol–water partition coefficient (Wildman–Crippen LogP) is 3.56. The Kier molecular flexibility index (Phi) is 6.01. The van der Waals surface area contributed by atoms with E-state index in [1.807, 2.05) is 6.07 Å². The van der Waals surface area contributed by atoms with Gasteiger partial charge in [-0.05, 0) is 35.9 Å². The Morgan fingerprint density at radius 3 is 2.36 bits per heavy atom. The molecule has 2 aromatic carbocycles. The van der Waals surface area contributed by atoms with Gasteiger partial charge in [0.2, 0.25) is 5.91 Å². The molecule has 0 aliphatic carbocycles. The summed E-state index contributed by atoms with van der Waals surface area (Å²) in [6, 6.07) is 14.8. The summed E-state index contributed by atoms with van der Waals surface area (Å²) in [5.74, 6) is 1.17. The molecule has 0 saturated carbocycles. The Morgan fingerprint density at radius 2 is 1.68 bits per heavy atom. The number of carbonyl (C=O) groups is 1. The van der Waals surface area contributed by atoms with E-state index in [1.165, 1.54) is 6.07 Å². The molecule has 0 radical (unpaired) electrons. The number of amides is 1. The Balaban J connectivity index is 1.62. The molecule has 0 saturated heterocycles. The number of nitrogens with zero attached hydrogens (tertiary/aromatic N) is 2. The van der Waals surface area contributed by atoms with Crippen molar-refractivity contribution in [1.82, 2.24) is 10.2 Å². The van der Waals surface area contributed by atoms with Gasteiger partial charge in [-0.1, -0.05) is 18.2 Å². The third kappa shape index (κ3) is 4.73. The van der Waals surface area contributed by atoms with Gasteiger partial charge >= 0.3 is 0 Å². The first-order chi connectivity index (χ1) is 13.6. The highest BCUT2D eigenvalue weighted by atomic mass is 19.1. The zero-order chi connectivity index (χ0) is 19.9. The van der Waals surface area contributed by atoms with Crippen LogP contribution in [0.4, 0.5) is 21.7 Å². The number of aromatic nitrogens is 2. The van der Waals surface area contributed by atoms with E-state index < -0.39 is 5.82 Å².